The van der Waals surface area contributed by atoms with Crippen LogP contribution >= 0.6 is 23.2 Å². The van der Waals surface area contributed by atoms with Crippen LogP contribution in [0, 0.1) is 12.7 Å². The summed E-state index contributed by atoms with van der Waals surface area (Å²) in [6, 6.07) is 10.2. The van der Waals surface area contributed by atoms with Gasteiger partial charge >= 0.3 is 0 Å². The van der Waals surface area contributed by atoms with Gasteiger partial charge in [0.25, 0.3) is 0 Å². The fraction of sp³-hybridized carbons (Fsp3) is 0.190. The second-order valence-electron chi connectivity index (χ2n) is 6.76. The lowest BCUT2D eigenvalue weighted by Crippen LogP contribution is -2.37. The van der Waals surface area contributed by atoms with E-state index in [-0.39, 0.29) is 22.6 Å². The Morgan fingerprint density at radius 2 is 1.97 bits per heavy atom. The minimum atomic E-state index is -0.663. The van der Waals surface area contributed by atoms with E-state index in [2.05, 4.69) is 15.7 Å². The summed E-state index contributed by atoms with van der Waals surface area (Å²) in [5.74, 6) is -0.0301. The van der Waals surface area contributed by atoms with E-state index in [1.165, 1.54) is 24.5 Å². The molecule has 9 heteroatoms. The van der Waals surface area contributed by atoms with Crippen LogP contribution in [0.4, 0.5) is 4.39 Å². The van der Waals surface area contributed by atoms with Gasteiger partial charge in [0.05, 0.1) is 35.6 Å². The lowest BCUT2D eigenvalue weighted by Gasteiger charge is -2.23. The second kappa shape index (κ2) is 8.95. The zero-order chi connectivity index (χ0) is 21.1. The average Bonchev–Trinajstić information content (AvgIpc) is 2.74. The van der Waals surface area contributed by atoms with Crippen molar-refractivity contribution in [1.82, 2.24) is 15.7 Å². The maximum absolute atomic E-state index is 14.3. The smallest absolute Gasteiger partial charge is 0.184 e. The second-order valence-corrected chi connectivity index (χ2v) is 7.58. The van der Waals surface area contributed by atoms with Crippen LogP contribution < -0.4 is 10.2 Å². The molecule has 154 valence electrons. The van der Waals surface area contributed by atoms with Crippen LogP contribution in [-0.2, 0) is 11.3 Å². The van der Waals surface area contributed by atoms with Crippen molar-refractivity contribution >= 4 is 29.0 Å². The van der Waals surface area contributed by atoms with Crippen LogP contribution in [0.5, 0.6) is 11.5 Å². The fourth-order valence-corrected chi connectivity index (χ4v) is 3.48. The molecule has 6 nitrogen and oxygen atoms in total. The van der Waals surface area contributed by atoms with Crippen molar-refractivity contribution in [3.63, 3.8) is 0 Å². The Morgan fingerprint density at radius 3 is 2.80 bits per heavy atom. The number of nitrogens with zero attached hydrogens (tertiary/aromatic N) is 3. The molecule has 1 atom stereocenters. The third-order valence-electron chi connectivity index (χ3n) is 4.51. The van der Waals surface area contributed by atoms with Crippen LogP contribution in [0.3, 0.4) is 0 Å². The number of nitrogens with one attached hydrogen (secondary N) is 1. The molecule has 2 heterocycles. The van der Waals surface area contributed by atoms with E-state index in [0.717, 1.165) is 11.1 Å². The van der Waals surface area contributed by atoms with E-state index in [0.29, 0.717) is 29.4 Å². The molecule has 1 aliphatic heterocycles. The molecule has 0 fully saturated rings. The fourth-order valence-electron chi connectivity index (χ4n) is 3.00. The molecule has 4 rings (SSSR count). The highest BCUT2D eigenvalue weighted by atomic mass is 35.5. The Bertz CT molecular complexity index is 1110. The number of hydrogen-bond donors (Lipinski definition) is 1. The Hall–Kier alpha value is -2.74. The van der Waals surface area contributed by atoms with E-state index in [4.69, 9.17) is 37.8 Å². The van der Waals surface area contributed by atoms with Gasteiger partial charge in [0.15, 0.2) is 23.2 Å². The van der Waals surface area contributed by atoms with Crippen molar-refractivity contribution < 1.29 is 14.0 Å². The maximum atomic E-state index is 14.3. The molecule has 1 N–H and O–H groups in total. The zero-order valence-electron chi connectivity index (χ0n) is 15.9. The van der Waals surface area contributed by atoms with Gasteiger partial charge < -0.3 is 4.74 Å². The predicted octanol–water partition coefficient (Wildman–Crippen LogP) is 4.92. The first-order chi connectivity index (χ1) is 14.5. The number of hydroxylamine groups is 1. The molecule has 0 saturated carbocycles. The summed E-state index contributed by atoms with van der Waals surface area (Å²) in [6.07, 6.45) is 3.44. The number of halogens is 3. The van der Waals surface area contributed by atoms with E-state index in [1.54, 1.807) is 6.07 Å². The Balaban J connectivity index is 1.61. The van der Waals surface area contributed by atoms with Gasteiger partial charge in [-0.2, -0.15) is 10.2 Å². The van der Waals surface area contributed by atoms with Crippen molar-refractivity contribution in [2.24, 2.45) is 4.99 Å². The minimum Gasteiger partial charge on any atom is -0.452 e. The molecule has 3 aromatic rings. The van der Waals surface area contributed by atoms with Crippen LogP contribution in [0.15, 0.2) is 53.8 Å². The van der Waals surface area contributed by atoms with Gasteiger partial charge in [0.2, 0.25) is 0 Å². The Morgan fingerprint density at radius 1 is 1.13 bits per heavy atom. The number of rotatable bonds is 5. The monoisotopic (exact) mass is 446 g/mol. The molecule has 0 spiro atoms. The third-order valence-corrected chi connectivity index (χ3v) is 5.15. The summed E-state index contributed by atoms with van der Waals surface area (Å²) < 4.78 is 20.0. The summed E-state index contributed by atoms with van der Waals surface area (Å²) in [5, 5.41) is 8.36. The molecule has 0 bridgehead atoms. The molecule has 0 aliphatic carbocycles. The topological polar surface area (TPSA) is 68.6 Å². The number of benzene rings is 2. The average molecular weight is 447 g/mol. The Kier molecular flexibility index (Phi) is 6.13. The summed E-state index contributed by atoms with van der Waals surface area (Å²) >= 11 is 12.2. The number of aromatic nitrogens is 2. The van der Waals surface area contributed by atoms with Crippen molar-refractivity contribution in [3.05, 3.63) is 81.3 Å². The largest absolute Gasteiger partial charge is 0.452 e. The van der Waals surface area contributed by atoms with Gasteiger partial charge in [-0.3, -0.25) is 9.83 Å². The normalized spacial score (nSPS) is 16.0. The van der Waals surface area contributed by atoms with Gasteiger partial charge in [-0.15, -0.1) is 0 Å². The lowest BCUT2D eigenvalue weighted by atomic mass is 10.0. The molecule has 1 aliphatic rings. The zero-order valence-corrected chi connectivity index (χ0v) is 17.4. The standard InChI is InChI=1S/C21H17Cl2FN4O2/c1-12-5-6-13(17(23)7-12)8-14-11-29-28-21(27-14)15-9-25-26-10-19(15)30-18-4-2-3-16(22)20(18)24/h2-7,9-10,14H,8,11H2,1H3,(H,27,28). The summed E-state index contributed by atoms with van der Waals surface area (Å²) in [7, 11) is 0. The van der Waals surface area contributed by atoms with E-state index < -0.39 is 5.82 Å². The van der Waals surface area contributed by atoms with E-state index in [1.807, 2.05) is 25.1 Å². The molecule has 0 amide bonds. The first-order valence-corrected chi connectivity index (χ1v) is 9.90. The highest BCUT2D eigenvalue weighted by Gasteiger charge is 2.22. The molecular formula is C21H17Cl2FN4O2. The highest BCUT2D eigenvalue weighted by molar-refractivity contribution is 6.31. The molecule has 2 aromatic carbocycles. The first kappa shape index (κ1) is 20.5. The van der Waals surface area contributed by atoms with E-state index >= 15 is 0 Å². The van der Waals surface area contributed by atoms with Gasteiger partial charge in [-0.05, 0) is 42.7 Å². The van der Waals surface area contributed by atoms with Gasteiger partial charge in [0, 0.05) is 5.02 Å². The SMILES string of the molecule is Cc1ccc(CC2CONC(c3cnncc3Oc3cccc(Cl)c3F)=N2)c(Cl)c1. The molecule has 0 radical (unpaired) electrons. The van der Waals surface area contributed by atoms with Gasteiger partial charge in [-0.1, -0.05) is 41.4 Å². The molecule has 0 saturated heterocycles. The minimum absolute atomic E-state index is 0.0305. The van der Waals surface area contributed by atoms with E-state index in [9.17, 15) is 4.39 Å². The van der Waals surface area contributed by atoms with Crippen molar-refractivity contribution in [2.45, 2.75) is 19.4 Å². The van der Waals surface area contributed by atoms with Crippen molar-refractivity contribution in [2.75, 3.05) is 6.61 Å². The number of amidine groups is 1. The summed E-state index contributed by atoms with van der Waals surface area (Å²) in [6.45, 7) is 2.35. The van der Waals surface area contributed by atoms with Gasteiger partial charge in [-0.25, -0.2) is 9.87 Å². The highest BCUT2D eigenvalue weighted by Crippen LogP contribution is 2.30. The van der Waals surface area contributed by atoms with Crippen LogP contribution in [-0.4, -0.2) is 28.7 Å². The third kappa shape index (κ3) is 4.53. The van der Waals surface area contributed by atoms with Crippen LogP contribution in [0.25, 0.3) is 0 Å². The first-order valence-electron chi connectivity index (χ1n) is 9.15. The lowest BCUT2D eigenvalue weighted by molar-refractivity contribution is 0.0623. The maximum Gasteiger partial charge on any atom is 0.184 e. The van der Waals surface area contributed by atoms with Crippen molar-refractivity contribution in [1.29, 1.82) is 0 Å². The quantitative estimate of drug-likeness (QED) is 0.602. The van der Waals surface area contributed by atoms with Gasteiger partial charge in [0.1, 0.15) is 0 Å². The number of aliphatic imine (C=N–C) groups is 1. The molecule has 30 heavy (non-hydrogen) atoms. The number of ether oxygens (including phenoxy) is 1. The molecular weight excluding hydrogens is 430 g/mol. The molecule has 1 unspecified atom stereocenters. The number of aryl methyl sites for hydroxylation is 1. The summed E-state index contributed by atoms with van der Waals surface area (Å²) in [4.78, 5) is 10.2. The molecule has 1 aromatic heterocycles. The predicted molar refractivity (Wildman–Crippen MR) is 113 cm³/mol. The summed E-state index contributed by atoms with van der Waals surface area (Å²) in [5.41, 5.74) is 5.32. The van der Waals surface area contributed by atoms with Crippen LogP contribution in [0.1, 0.15) is 16.7 Å². The van der Waals surface area contributed by atoms with Crippen molar-refractivity contribution in [3.8, 4) is 11.5 Å². The Labute approximate surface area is 182 Å². The van der Waals surface area contributed by atoms with Crippen LogP contribution in [0.2, 0.25) is 10.0 Å². The number of hydrogen-bond acceptors (Lipinski definition) is 6.